The highest BCUT2D eigenvalue weighted by molar-refractivity contribution is 4.79. The molecule has 0 aromatic carbocycles. The molecule has 0 bridgehead atoms. The van der Waals surface area contributed by atoms with Crippen LogP contribution < -0.4 is 11.2 Å². The Morgan fingerprint density at radius 3 is 2.36 bits per heavy atom. The fourth-order valence-electron chi connectivity index (χ4n) is 0.406. The molecule has 0 aliphatic heterocycles. The normalized spacial score (nSPS) is 8.09. The first kappa shape index (κ1) is 9.21. The monoisotopic (exact) mass is 161 g/mol. The van der Waals surface area contributed by atoms with Crippen LogP contribution in [-0.4, -0.2) is 9.77 Å². The molecule has 1 heterocycles. The van der Waals surface area contributed by atoms with Gasteiger partial charge in [0.15, 0.2) is 0 Å². The molecular weight excluding hydrogens is 157 g/mol. The summed E-state index contributed by atoms with van der Waals surface area (Å²) >= 11 is 0. The van der Waals surface area contributed by atoms with E-state index in [0.717, 1.165) is 12.3 Å². The number of halogens is 1. The van der Waals surface area contributed by atoms with Gasteiger partial charge in [-0.2, -0.15) is 4.91 Å². The lowest BCUT2D eigenvalue weighted by Crippen LogP contribution is -2.28. The molecule has 0 radical (unpaired) electrons. The SMILES string of the molecule is N=O.O=c1cc[nH]c(=O)n1F. The van der Waals surface area contributed by atoms with Gasteiger partial charge in [-0.15, -0.1) is 0 Å². The highest BCUT2D eigenvalue weighted by Gasteiger charge is 1.93. The summed E-state index contributed by atoms with van der Waals surface area (Å²) in [5.74, 6) is 0. The van der Waals surface area contributed by atoms with Crippen LogP contribution >= 0.6 is 0 Å². The predicted molar refractivity (Wildman–Crippen MR) is 33.9 cm³/mol. The van der Waals surface area contributed by atoms with Crippen molar-refractivity contribution >= 4 is 0 Å². The van der Waals surface area contributed by atoms with Gasteiger partial charge >= 0.3 is 5.69 Å². The van der Waals surface area contributed by atoms with Crippen molar-refractivity contribution < 1.29 is 4.48 Å². The first-order valence-electron chi connectivity index (χ1n) is 2.39. The number of aromatic nitrogens is 2. The molecule has 0 saturated carbocycles. The van der Waals surface area contributed by atoms with Gasteiger partial charge in [0, 0.05) is 12.3 Å². The minimum atomic E-state index is -1.05. The van der Waals surface area contributed by atoms with Crippen molar-refractivity contribution in [2.75, 3.05) is 0 Å². The Morgan fingerprint density at radius 2 is 2.00 bits per heavy atom. The van der Waals surface area contributed by atoms with Crippen LogP contribution in [0.15, 0.2) is 21.9 Å². The van der Waals surface area contributed by atoms with E-state index in [0.29, 0.717) is 0 Å². The Kier molecular flexibility index (Phi) is 3.43. The molecule has 2 N–H and O–H groups in total. The number of nitrogens with one attached hydrogen (secondary N) is 2. The number of H-pyrrole nitrogens is 1. The minimum Gasteiger partial charge on any atom is -0.312 e. The standard InChI is InChI=1S/C4H3FN2O2.HNO/c5-7-3(8)1-2-6-4(7)9;1-2/h1-2H,(H,6,9);1H. The minimum absolute atomic E-state index is 0.500. The summed E-state index contributed by atoms with van der Waals surface area (Å²) in [5, 5.41) is 0. The van der Waals surface area contributed by atoms with Gasteiger partial charge in [-0.25, -0.2) is 4.79 Å². The fourth-order valence-corrected chi connectivity index (χ4v) is 0.406. The van der Waals surface area contributed by atoms with E-state index in [1.807, 2.05) is 4.98 Å². The molecule has 0 fully saturated rings. The van der Waals surface area contributed by atoms with E-state index in [2.05, 4.69) is 5.59 Å². The second-order valence-electron chi connectivity index (χ2n) is 1.40. The molecule has 7 heteroatoms. The van der Waals surface area contributed by atoms with Crippen LogP contribution in [0.25, 0.3) is 0 Å². The van der Waals surface area contributed by atoms with Crippen LogP contribution in [0.2, 0.25) is 0 Å². The maximum Gasteiger partial charge on any atom is 0.357 e. The number of nitroso groups, excluding NO2 is 1. The molecule has 0 spiro atoms. The second kappa shape index (κ2) is 4.09. The molecule has 0 amide bonds. The lowest BCUT2D eigenvalue weighted by atomic mass is 10.7. The number of hydrogen-bond acceptors (Lipinski definition) is 4. The zero-order chi connectivity index (χ0) is 8.85. The maximum absolute atomic E-state index is 12.0. The van der Waals surface area contributed by atoms with Crippen LogP contribution in [0.3, 0.4) is 0 Å². The molecule has 0 aliphatic carbocycles. The first-order chi connectivity index (χ1) is 5.22. The van der Waals surface area contributed by atoms with E-state index in [1.54, 1.807) is 0 Å². The summed E-state index contributed by atoms with van der Waals surface area (Å²) in [6.07, 6.45) is 1.08. The number of hydrogen-bond donors (Lipinski definition) is 2. The highest BCUT2D eigenvalue weighted by atomic mass is 19.2. The topological polar surface area (TPSA) is 95.8 Å². The Bertz CT molecular complexity index is 302. The van der Waals surface area contributed by atoms with Gasteiger partial charge in [0.25, 0.3) is 5.56 Å². The molecular formula is C4H4FN3O3. The van der Waals surface area contributed by atoms with Crippen LogP contribution in [0.5, 0.6) is 0 Å². The average molecular weight is 161 g/mol. The Morgan fingerprint density at radius 1 is 1.45 bits per heavy atom. The van der Waals surface area contributed by atoms with Gasteiger partial charge in [0.1, 0.15) is 0 Å². The summed E-state index contributed by atoms with van der Waals surface area (Å²) < 4.78 is 12.0. The van der Waals surface area contributed by atoms with Crippen molar-refractivity contribution in [2.24, 2.45) is 0 Å². The van der Waals surface area contributed by atoms with E-state index in [9.17, 15) is 14.1 Å². The maximum atomic E-state index is 12.0. The highest BCUT2D eigenvalue weighted by Crippen LogP contribution is 1.62. The van der Waals surface area contributed by atoms with Crippen molar-refractivity contribution in [3.63, 3.8) is 0 Å². The number of nitrogens with zero attached hydrogens (tertiary/aromatic N) is 1. The largest absolute Gasteiger partial charge is 0.357 e. The second-order valence-corrected chi connectivity index (χ2v) is 1.40. The van der Waals surface area contributed by atoms with Crippen molar-refractivity contribution in [1.29, 1.82) is 5.59 Å². The summed E-state index contributed by atoms with van der Waals surface area (Å²) in [4.78, 5) is 29.4. The predicted octanol–water partition coefficient (Wildman–Crippen LogP) is -0.399. The third kappa shape index (κ3) is 2.12. The lowest BCUT2D eigenvalue weighted by molar-refractivity contribution is 0.330. The van der Waals surface area contributed by atoms with Crippen molar-refractivity contribution in [3.8, 4) is 0 Å². The van der Waals surface area contributed by atoms with Gasteiger partial charge in [-0.05, 0) is 0 Å². The third-order valence-electron chi connectivity index (χ3n) is 0.805. The summed E-state index contributed by atoms with van der Waals surface area (Å²) in [5.41, 5.74) is 2.49. The van der Waals surface area contributed by atoms with Crippen molar-refractivity contribution in [1.82, 2.24) is 9.77 Å². The van der Waals surface area contributed by atoms with E-state index in [4.69, 9.17) is 4.91 Å². The number of aromatic amines is 1. The molecule has 1 aromatic heterocycles. The molecule has 1 rings (SSSR count). The van der Waals surface area contributed by atoms with Gasteiger partial charge in [-0.1, -0.05) is 14.9 Å². The van der Waals surface area contributed by atoms with Crippen LogP contribution in [0.4, 0.5) is 4.48 Å². The average Bonchev–Trinajstić information content (AvgIpc) is 2.04. The summed E-state index contributed by atoms with van der Waals surface area (Å²) in [6, 6.07) is 0.918. The van der Waals surface area contributed by atoms with Gasteiger partial charge in [-0.3, -0.25) is 4.79 Å². The molecule has 1 aromatic rings. The molecule has 60 valence electrons. The summed E-state index contributed by atoms with van der Waals surface area (Å²) in [7, 11) is 0. The van der Waals surface area contributed by atoms with Gasteiger partial charge in [0.2, 0.25) is 0 Å². The van der Waals surface area contributed by atoms with Gasteiger partial charge in [0.05, 0.1) is 0 Å². The Labute approximate surface area is 59.0 Å². The molecule has 0 aliphatic rings. The van der Waals surface area contributed by atoms with Crippen LogP contribution in [-0.2, 0) is 0 Å². The molecule has 0 unspecified atom stereocenters. The fraction of sp³-hybridized carbons (Fsp3) is 0. The van der Waals surface area contributed by atoms with Crippen LogP contribution in [0, 0.1) is 10.5 Å². The van der Waals surface area contributed by atoms with Gasteiger partial charge < -0.3 is 4.98 Å². The quantitative estimate of drug-likeness (QED) is 0.506. The first-order valence-corrected chi connectivity index (χ1v) is 2.39. The smallest absolute Gasteiger partial charge is 0.312 e. The molecule has 11 heavy (non-hydrogen) atoms. The number of rotatable bonds is 0. The molecule has 6 nitrogen and oxygen atoms in total. The zero-order valence-corrected chi connectivity index (χ0v) is 5.20. The molecule has 0 atom stereocenters. The van der Waals surface area contributed by atoms with E-state index in [-0.39, 0.29) is 0 Å². The summed E-state index contributed by atoms with van der Waals surface area (Å²) in [6.45, 7) is 0. The van der Waals surface area contributed by atoms with E-state index < -0.39 is 16.0 Å². The lowest BCUT2D eigenvalue weighted by Gasteiger charge is -1.83. The van der Waals surface area contributed by atoms with Crippen LogP contribution in [0.1, 0.15) is 0 Å². The van der Waals surface area contributed by atoms with Crippen molar-refractivity contribution in [3.05, 3.63) is 38.0 Å². The van der Waals surface area contributed by atoms with E-state index in [1.165, 1.54) is 0 Å². The third-order valence-corrected chi connectivity index (χ3v) is 0.805. The Hall–Kier alpha value is -1.79. The van der Waals surface area contributed by atoms with E-state index >= 15 is 0 Å². The molecule has 0 saturated heterocycles. The van der Waals surface area contributed by atoms with Crippen molar-refractivity contribution in [2.45, 2.75) is 0 Å². The Balaban J connectivity index is 0.000000461. The zero-order valence-electron chi connectivity index (χ0n) is 5.20.